The summed E-state index contributed by atoms with van der Waals surface area (Å²) in [6.07, 6.45) is 1.06. The van der Waals surface area contributed by atoms with E-state index in [0.29, 0.717) is 6.54 Å². The van der Waals surface area contributed by atoms with Crippen LogP contribution in [0.25, 0.3) is 0 Å². The van der Waals surface area contributed by atoms with E-state index in [1.54, 1.807) is 0 Å². The second kappa shape index (κ2) is 8.43. The van der Waals surface area contributed by atoms with Crippen LogP contribution >= 0.6 is 0 Å². The van der Waals surface area contributed by atoms with Crippen molar-refractivity contribution < 1.29 is 18.3 Å². The van der Waals surface area contributed by atoms with E-state index in [4.69, 9.17) is 4.74 Å². The molecule has 1 saturated heterocycles. The monoisotopic (exact) mass is 278 g/mol. The Morgan fingerprint density at radius 2 is 2.11 bits per heavy atom. The lowest BCUT2D eigenvalue weighted by Gasteiger charge is -2.36. The first-order chi connectivity index (χ1) is 9.10. The fourth-order valence-corrected chi connectivity index (χ4v) is 2.57. The molecule has 0 radical (unpaired) electrons. The summed E-state index contributed by atoms with van der Waals surface area (Å²) in [5, 5.41) is 6.07. The molecule has 0 aliphatic carbocycles. The topological polar surface area (TPSA) is 50.4 Å². The van der Waals surface area contributed by atoms with E-state index in [9.17, 15) is 13.6 Å². The second-order valence-corrected chi connectivity index (χ2v) is 5.00. The van der Waals surface area contributed by atoms with E-state index in [1.807, 2.05) is 0 Å². The molecule has 0 unspecified atom stereocenters. The smallest absolute Gasteiger partial charge is 0.261 e. The van der Waals surface area contributed by atoms with Gasteiger partial charge in [-0.05, 0) is 32.4 Å². The van der Waals surface area contributed by atoms with Crippen molar-refractivity contribution in [1.82, 2.24) is 10.6 Å². The van der Waals surface area contributed by atoms with Crippen LogP contribution in [0.3, 0.4) is 0 Å². The van der Waals surface area contributed by atoms with Crippen LogP contribution in [0.5, 0.6) is 0 Å². The summed E-state index contributed by atoms with van der Waals surface area (Å²) in [5.74, 6) is 0.0384. The van der Waals surface area contributed by atoms with Crippen molar-refractivity contribution in [2.24, 2.45) is 5.41 Å². The lowest BCUT2D eigenvalue weighted by Crippen LogP contribution is -2.48. The molecular formula is C13H24F2N2O2. The molecule has 0 saturated carbocycles. The van der Waals surface area contributed by atoms with E-state index < -0.39 is 13.0 Å². The van der Waals surface area contributed by atoms with Gasteiger partial charge in [-0.25, -0.2) is 8.78 Å². The zero-order chi connectivity index (χ0) is 14.1. The summed E-state index contributed by atoms with van der Waals surface area (Å²) in [6.45, 7) is 3.65. The molecule has 4 nitrogen and oxygen atoms in total. The molecule has 0 aromatic heterocycles. The molecule has 0 atom stereocenters. The Bertz CT molecular complexity index is 264. The third-order valence-electron chi connectivity index (χ3n) is 3.55. The highest BCUT2D eigenvalue weighted by atomic mass is 19.3. The van der Waals surface area contributed by atoms with Gasteiger partial charge in [0.05, 0.1) is 12.0 Å². The van der Waals surface area contributed by atoms with Crippen LogP contribution in [0.1, 0.15) is 32.6 Å². The van der Waals surface area contributed by atoms with Crippen molar-refractivity contribution in [2.45, 2.75) is 39.0 Å². The minimum atomic E-state index is -2.45. The number of halogens is 2. The summed E-state index contributed by atoms with van der Waals surface area (Å²) >= 11 is 0. The number of piperidine rings is 1. The molecule has 1 aliphatic heterocycles. The highest BCUT2D eigenvalue weighted by molar-refractivity contribution is 5.82. The summed E-state index contributed by atoms with van der Waals surface area (Å²) in [6, 6.07) is 0. The average Bonchev–Trinajstić information content (AvgIpc) is 2.39. The summed E-state index contributed by atoms with van der Waals surface area (Å²) in [7, 11) is 0. The van der Waals surface area contributed by atoms with Crippen molar-refractivity contribution in [1.29, 1.82) is 0 Å². The molecule has 0 bridgehead atoms. The van der Waals surface area contributed by atoms with Gasteiger partial charge in [0.1, 0.15) is 6.61 Å². The van der Waals surface area contributed by atoms with E-state index in [2.05, 4.69) is 17.6 Å². The van der Waals surface area contributed by atoms with Crippen LogP contribution in [0.15, 0.2) is 0 Å². The molecule has 6 heteroatoms. The van der Waals surface area contributed by atoms with Crippen LogP contribution in [0, 0.1) is 5.41 Å². The van der Waals surface area contributed by atoms with Crippen molar-refractivity contribution >= 4 is 5.91 Å². The predicted octanol–water partition coefficient (Wildman–Crippen LogP) is 1.55. The van der Waals surface area contributed by atoms with Gasteiger partial charge in [0.15, 0.2) is 0 Å². The van der Waals surface area contributed by atoms with E-state index >= 15 is 0 Å². The zero-order valence-electron chi connectivity index (χ0n) is 11.5. The maximum absolute atomic E-state index is 12.3. The number of amides is 1. The standard InChI is InChI=1S/C13H24F2N2O2/c1-2-3-13(4-6-16-7-5-13)12(18)17-8-9-19-10-11(14)15/h11,16H,2-10H2,1H3,(H,17,18). The molecule has 1 heterocycles. The van der Waals surface area contributed by atoms with Gasteiger partial charge in [0, 0.05) is 6.54 Å². The first kappa shape index (κ1) is 16.3. The minimum absolute atomic E-state index is 0.0384. The highest BCUT2D eigenvalue weighted by Crippen LogP contribution is 2.34. The van der Waals surface area contributed by atoms with Crippen LogP contribution in [0.4, 0.5) is 8.78 Å². The maximum Gasteiger partial charge on any atom is 0.261 e. The van der Waals surface area contributed by atoms with Gasteiger partial charge >= 0.3 is 0 Å². The molecule has 1 aliphatic rings. The fourth-order valence-electron chi connectivity index (χ4n) is 2.57. The number of carbonyl (C=O) groups excluding carboxylic acids is 1. The second-order valence-electron chi connectivity index (χ2n) is 5.00. The molecule has 19 heavy (non-hydrogen) atoms. The number of carbonyl (C=O) groups is 1. The average molecular weight is 278 g/mol. The summed E-state index contributed by atoms with van der Waals surface area (Å²) in [4.78, 5) is 12.3. The Hall–Kier alpha value is -0.750. The molecule has 2 N–H and O–H groups in total. The van der Waals surface area contributed by atoms with Gasteiger partial charge in [-0.1, -0.05) is 13.3 Å². The Balaban J connectivity index is 2.32. The normalized spacial score (nSPS) is 18.5. The van der Waals surface area contributed by atoms with E-state index in [-0.39, 0.29) is 17.9 Å². The van der Waals surface area contributed by atoms with Gasteiger partial charge in [-0.2, -0.15) is 0 Å². The molecule has 0 spiro atoms. The molecule has 112 valence electrons. The quantitative estimate of drug-likeness (QED) is 0.662. The van der Waals surface area contributed by atoms with Gasteiger partial charge in [-0.3, -0.25) is 4.79 Å². The van der Waals surface area contributed by atoms with Crippen molar-refractivity contribution in [2.75, 3.05) is 32.8 Å². The molecular weight excluding hydrogens is 254 g/mol. The third kappa shape index (κ3) is 5.40. The van der Waals surface area contributed by atoms with Crippen LogP contribution in [-0.4, -0.2) is 45.2 Å². The van der Waals surface area contributed by atoms with Gasteiger partial charge in [0.25, 0.3) is 6.43 Å². The van der Waals surface area contributed by atoms with Gasteiger partial charge in [0.2, 0.25) is 5.91 Å². The SMILES string of the molecule is CCCC1(C(=O)NCCOCC(F)F)CCNCC1. The van der Waals surface area contributed by atoms with Gasteiger partial charge in [-0.15, -0.1) is 0 Å². The first-order valence-corrected chi connectivity index (χ1v) is 6.95. The Morgan fingerprint density at radius 3 is 2.68 bits per heavy atom. The zero-order valence-corrected chi connectivity index (χ0v) is 11.5. The molecule has 0 aromatic carbocycles. The number of ether oxygens (including phenoxy) is 1. The molecule has 0 aromatic rings. The van der Waals surface area contributed by atoms with Crippen LogP contribution in [-0.2, 0) is 9.53 Å². The molecule has 1 amide bonds. The number of alkyl halides is 2. The predicted molar refractivity (Wildman–Crippen MR) is 69.3 cm³/mol. The number of hydrogen-bond donors (Lipinski definition) is 2. The largest absolute Gasteiger partial charge is 0.374 e. The summed E-state index contributed by atoms with van der Waals surface area (Å²) in [5.41, 5.74) is -0.289. The third-order valence-corrected chi connectivity index (χ3v) is 3.55. The first-order valence-electron chi connectivity index (χ1n) is 6.95. The summed E-state index contributed by atoms with van der Waals surface area (Å²) < 4.78 is 28.5. The van der Waals surface area contributed by atoms with Crippen LogP contribution in [0.2, 0.25) is 0 Å². The number of rotatable bonds is 8. The number of hydrogen-bond acceptors (Lipinski definition) is 3. The Kier molecular flexibility index (Phi) is 7.23. The van der Waals surface area contributed by atoms with Gasteiger partial charge < -0.3 is 15.4 Å². The lowest BCUT2D eigenvalue weighted by molar-refractivity contribution is -0.133. The van der Waals surface area contributed by atoms with E-state index in [0.717, 1.165) is 38.8 Å². The maximum atomic E-state index is 12.3. The van der Waals surface area contributed by atoms with Crippen molar-refractivity contribution in [3.8, 4) is 0 Å². The lowest BCUT2D eigenvalue weighted by atomic mass is 9.74. The van der Waals surface area contributed by atoms with Crippen LogP contribution < -0.4 is 10.6 Å². The van der Waals surface area contributed by atoms with Crippen molar-refractivity contribution in [3.63, 3.8) is 0 Å². The van der Waals surface area contributed by atoms with E-state index in [1.165, 1.54) is 0 Å². The number of nitrogens with one attached hydrogen (secondary N) is 2. The Morgan fingerprint density at radius 1 is 1.42 bits per heavy atom. The van der Waals surface area contributed by atoms with Crippen molar-refractivity contribution in [3.05, 3.63) is 0 Å². The molecule has 1 rings (SSSR count). The minimum Gasteiger partial charge on any atom is -0.374 e. The highest BCUT2D eigenvalue weighted by Gasteiger charge is 2.38. The molecule has 1 fully saturated rings. The Labute approximate surface area is 113 Å². The fraction of sp³-hybridized carbons (Fsp3) is 0.923.